The van der Waals surface area contributed by atoms with Crippen LogP contribution in [-0.4, -0.2) is 55.9 Å². The van der Waals surface area contributed by atoms with Gasteiger partial charge in [-0.05, 0) is 67.1 Å². The first-order chi connectivity index (χ1) is 19.5. The van der Waals surface area contributed by atoms with Gasteiger partial charge in [0.05, 0.1) is 28.5 Å². The van der Waals surface area contributed by atoms with E-state index in [4.69, 9.17) is 4.98 Å². The van der Waals surface area contributed by atoms with Crippen LogP contribution < -0.4 is 16.6 Å². The highest BCUT2D eigenvalue weighted by molar-refractivity contribution is 7.98. The number of hydrogen-bond donors (Lipinski definition) is 2. The number of nitrogens with one attached hydrogen (secondary N) is 2. The van der Waals surface area contributed by atoms with Crippen LogP contribution in [-0.2, 0) is 13.1 Å². The lowest BCUT2D eigenvalue weighted by molar-refractivity contribution is 0.209. The van der Waals surface area contributed by atoms with Gasteiger partial charge in [-0.3, -0.25) is 9.36 Å². The number of anilines is 1. The Morgan fingerprint density at radius 3 is 2.55 bits per heavy atom. The standard InChI is InChI=1S/C30H31FN6O2S/c1-40-23-10-11-25-24(18-23)28(38)36(30(39)34-25)17-16-35-14-12-22(13-15-35)32-29-33-26-4-2-3-5-27(26)37(29)19-20-6-8-21(31)9-7-20/h2-11,18,22H,12-17,19H2,1H3,(H,32,33)(H,34,39). The fraction of sp³-hybridized carbons (Fsp3) is 0.300. The number of imidazole rings is 1. The topological polar surface area (TPSA) is 87.9 Å². The zero-order valence-corrected chi connectivity index (χ0v) is 23.1. The van der Waals surface area contributed by atoms with E-state index < -0.39 is 0 Å². The quantitative estimate of drug-likeness (QED) is 0.272. The maximum Gasteiger partial charge on any atom is 0.328 e. The van der Waals surface area contributed by atoms with E-state index in [-0.39, 0.29) is 23.1 Å². The fourth-order valence-corrected chi connectivity index (χ4v) is 5.84. The number of benzene rings is 3. The molecule has 0 saturated carbocycles. The van der Waals surface area contributed by atoms with E-state index >= 15 is 0 Å². The van der Waals surface area contributed by atoms with Crippen molar-refractivity contribution in [3.63, 3.8) is 0 Å². The predicted octanol–water partition coefficient (Wildman–Crippen LogP) is 4.53. The SMILES string of the molecule is CSc1ccc2[nH]c(=O)n(CCN3CCC(Nc4nc5ccccc5n4Cc4ccc(F)cc4)CC3)c(=O)c2c1. The Morgan fingerprint density at radius 1 is 1.00 bits per heavy atom. The van der Waals surface area contributed by atoms with Crippen LogP contribution in [0.25, 0.3) is 21.9 Å². The second-order valence-corrected chi connectivity index (χ2v) is 11.1. The molecule has 2 N–H and O–H groups in total. The number of H-pyrrole nitrogens is 1. The maximum absolute atomic E-state index is 13.4. The van der Waals surface area contributed by atoms with Gasteiger partial charge in [0.15, 0.2) is 0 Å². The third kappa shape index (κ3) is 5.41. The number of likely N-dealkylation sites (tertiary alicyclic amines) is 1. The molecule has 0 bridgehead atoms. The summed E-state index contributed by atoms with van der Waals surface area (Å²) < 4.78 is 16.9. The van der Waals surface area contributed by atoms with Crippen LogP contribution in [0.1, 0.15) is 18.4 Å². The van der Waals surface area contributed by atoms with Crippen molar-refractivity contribution in [2.45, 2.75) is 36.9 Å². The predicted molar refractivity (Wildman–Crippen MR) is 159 cm³/mol. The van der Waals surface area contributed by atoms with Gasteiger partial charge in [-0.2, -0.15) is 0 Å². The van der Waals surface area contributed by atoms with Crippen molar-refractivity contribution >= 4 is 39.6 Å². The Balaban J connectivity index is 1.12. The van der Waals surface area contributed by atoms with Crippen molar-refractivity contribution < 1.29 is 4.39 Å². The number of thioether (sulfide) groups is 1. The molecule has 0 unspecified atom stereocenters. The number of aromatic amines is 1. The first-order valence-corrected chi connectivity index (χ1v) is 14.7. The van der Waals surface area contributed by atoms with Gasteiger partial charge in [0.25, 0.3) is 5.56 Å². The van der Waals surface area contributed by atoms with Crippen molar-refractivity contribution in [2.75, 3.05) is 31.2 Å². The van der Waals surface area contributed by atoms with Crippen LogP contribution >= 0.6 is 11.8 Å². The van der Waals surface area contributed by atoms with E-state index in [1.165, 1.54) is 16.7 Å². The first-order valence-electron chi connectivity index (χ1n) is 13.5. The van der Waals surface area contributed by atoms with Gasteiger partial charge in [-0.1, -0.05) is 24.3 Å². The molecule has 0 radical (unpaired) electrons. The third-order valence-electron chi connectivity index (χ3n) is 7.66. The molecule has 0 atom stereocenters. The zero-order valence-electron chi connectivity index (χ0n) is 22.3. The Bertz CT molecular complexity index is 1770. The van der Waals surface area contributed by atoms with Gasteiger partial charge in [-0.15, -0.1) is 11.8 Å². The molecule has 0 spiro atoms. The third-order valence-corrected chi connectivity index (χ3v) is 8.38. The molecule has 1 fully saturated rings. The maximum atomic E-state index is 13.4. The number of piperidine rings is 1. The summed E-state index contributed by atoms with van der Waals surface area (Å²) in [6.45, 7) is 3.28. The minimum Gasteiger partial charge on any atom is -0.353 e. The molecule has 1 aliphatic rings. The number of rotatable bonds is 8. The molecule has 1 aliphatic heterocycles. The van der Waals surface area contributed by atoms with Crippen LogP contribution in [0.3, 0.4) is 0 Å². The van der Waals surface area contributed by atoms with Gasteiger partial charge >= 0.3 is 5.69 Å². The summed E-state index contributed by atoms with van der Waals surface area (Å²) in [6.07, 6.45) is 3.80. The lowest BCUT2D eigenvalue weighted by Gasteiger charge is -2.32. The molecule has 206 valence electrons. The van der Waals surface area contributed by atoms with E-state index in [2.05, 4.69) is 25.8 Å². The minimum absolute atomic E-state index is 0.244. The molecule has 3 heterocycles. The number of para-hydroxylation sites is 2. The number of nitrogens with zero attached hydrogens (tertiary/aromatic N) is 4. The summed E-state index contributed by atoms with van der Waals surface area (Å²) >= 11 is 1.57. The first kappa shape index (κ1) is 26.3. The monoisotopic (exact) mass is 558 g/mol. The molecular weight excluding hydrogens is 527 g/mol. The van der Waals surface area contributed by atoms with Crippen molar-refractivity contribution in [1.29, 1.82) is 0 Å². The van der Waals surface area contributed by atoms with Crippen LogP contribution in [0.4, 0.5) is 10.3 Å². The van der Waals surface area contributed by atoms with Crippen molar-refractivity contribution in [3.8, 4) is 0 Å². The highest BCUT2D eigenvalue weighted by Gasteiger charge is 2.22. The number of aromatic nitrogens is 4. The molecule has 5 aromatic rings. The summed E-state index contributed by atoms with van der Waals surface area (Å²) in [6, 6.07) is 20.4. The van der Waals surface area contributed by atoms with Crippen LogP contribution in [0.2, 0.25) is 0 Å². The van der Waals surface area contributed by atoms with E-state index in [0.717, 1.165) is 53.4 Å². The zero-order chi connectivity index (χ0) is 27.6. The fourth-order valence-electron chi connectivity index (χ4n) is 5.40. The molecule has 40 heavy (non-hydrogen) atoms. The largest absolute Gasteiger partial charge is 0.353 e. The molecule has 2 aromatic heterocycles. The van der Waals surface area contributed by atoms with Crippen LogP contribution in [0.5, 0.6) is 0 Å². The second-order valence-electron chi connectivity index (χ2n) is 10.2. The summed E-state index contributed by atoms with van der Waals surface area (Å²) in [5.41, 5.74) is 2.91. The summed E-state index contributed by atoms with van der Waals surface area (Å²) in [5.74, 6) is 0.562. The molecule has 6 rings (SSSR count). The molecule has 8 nitrogen and oxygen atoms in total. The molecular formula is C30H31FN6O2S. The lowest BCUT2D eigenvalue weighted by atomic mass is 10.1. The van der Waals surface area contributed by atoms with E-state index in [0.29, 0.717) is 30.5 Å². The highest BCUT2D eigenvalue weighted by Crippen LogP contribution is 2.24. The van der Waals surface area contributed by atoms with Crippen molar-refractivity contribution in [1.82, 2.24) is 24.0 Å². The minimum atomic E-state index is -0.369. The Kier molecular flexibility index (Phi) is 7.44. The molecule has 0 amide bonds. The van der Waals surface area contributed by atoms with Gasteiger partial charge < -0.3 is 19.8 Å². The number of halogens is 1. The van der Waals surface area contributed by atoms with Crippen molar-refractivity contribution in [2.24, 2.45) is 0 Å². The van der Waals surface area contributed by atoms with Crippen molar-refractivity contribution in [3.05, 3.63) is 98.9 Å². The molecule has 3 aromatic carbocycles. The van der Waals surface area contributed by atoms with Gasteiger partial charge in [0.2, 0.25) is 5.95 Å². The van der Waals surface area contributed by atoms with E-state index in [1.807, 2.05) is 36.6 Å². The normalized spacial score (nSPS) is 14.8. The smallest absolute Gasteiger partial charge is 0.328 e. The Labute approximate surface area is 234 Å². The highest BCUT2D eigenvalue weighted by atomic mass is 32.2. The molecule has 1 saturated heterocycles. The second kappa shape index (κ2) is 11.3. The molecule has 10 heteroatoms. The summed E-state index contributed by atoms with van der Waals surface area (Å²) in [7, 11) is 0. The van der Waals surface area contributed by atoms with Crippen LogP contribution in [0.15, 0.2) is 81.2 Å². The summed E-state index contributed by atoms with van der Waals surface area (Å²) in [5, 5.41) is 4.19. The molecule has 0 aliphatic carbocycles. The van der Waals surface area contributed by atoms with Crippen LogP contribution in [0, 0.1) is 5.82 Å². The average Bonchev–Trinajstić information content (AvgIpc) is 3.31. The Hall–Kier alpha value is -3.89. The van der Waals surface area contributed by atoms with E-state index in [9.17, 15) is 14.0 Å². The number of hydrogen-bond acceptors (Lipinski definition) is 6. The Morgan fingerprint density at radius 2 is 1.77 bits per heavy atom. The van der Waals surface area contributed by atoms with Gasteiger partial charge in [0.1, 0.15) is 5.82 Å². The van der Waals surface area contributed by atoms with Gasteiger partial charge in [0, 0.05) is 37.1 Å². The average molecular weight is 559 g/mol. The van der Waals surface area contributed by atoms with E-state index in [1.54, 1.807) is 30.0 Å². The number of fused-ring (bicyclic) bond motifs is 2. The summed E-state index contributed by atoms with van der Waals surface area (Å²) in [4.78, 5) is 36.7. The lowest BCUT2D eigenvalue weighted by Crippen LogP contribution is -2.43. The van der Waals surface area contributed by atoms with Gasteiger partial charge in [-0.25, -0.2) is 14.2 Å².